The first-order valence-electron chi connectivity index (χ1n) is 8.38. The number of halogens is 1. The average molecular weight is 361 g/mol. The van der Waals surface area contributed by atoms with Crippen LogP contribution in [-0.4, -0.2) is 33.8 Å². The van der Waals surface area contributed by atoms with Crippen LogP contribution in [0.25, 0.3) is 0 Å². The summed E-state index contributed by atoms with van der Waals surface area (Å²) in [4.78, 5) is 12.0. The minimum absolute atomic E-state index is 0.0879. The van der Waals surface area contributed by atoms with Crippen LogP contribution in [0, 0.1) is 5.82 Å². The van der Waals surface area contributed by atoms with Crippen molar-refractivity contribution in [2.75, 3.05) is 27.9 Å². The first-order chi connectivity index (χ1) is 12.6. The van der Waals surface area contributed by atoms with Gasteiger partial charge < -0.3 is 19.5 Å². The molecule has 0 heterocycles. The van der Waals surface area contributed by atoms with Crippen LogP contribution >= 0.6 is 0 Å². The van der Waals surface area contributed by atoms with Crippen molar-refractivity contribution in [1.29, 1.82) is 0 Å². The number of carbonyl (C=O) groups excluding carboxylic acids is 1. The molecule has 0 fully saturated rings. The van der Waals surface area contributed by atoms with Crippen LogP contribution in [0.2, 0.25) is 0 Å². The van der Waals surface area contributed by atoms with Crippen molar-refractivity contribution in [2.45, 2.75) is 19.3 Å². The van der Waals surface area contributed by atoms with E-state index in [9.17, 15) is 9.18 Å². The zero-order valence-corrected chi connectivity index (χ0v) is 15.3. The van der Waals surface area contributed by atoms with Gasteiger partial charge in [0.05, 0.1) is 21.3 Å². The molecule has 2 aromatic rings. The zero-order chi connectivity index (χ0) is 18.9. The summed E-state index contributed by atoms with van der Waals surface area (Å²) in [6.07, 6.45) is 1.31. The number of carbonyl (C=O) groups is 1. The number of amides is 1. The fraction of sp³-hybridized carbons (Fsp3) is 0.350. The van der Waals surface area contributed by atoms with Gasteiger partial charge >= 0.3 is 0 Å². The van der Waals surface area contributed by atoms with Gasteiger partial charge in [-0.05, 0) is 42.2 Å². The number of ether oxygens (including phenoxy) is 3. The predicted octanol–water partition coefficient (Wildman–Crippen LogP) is 3.14. The van der Waals surface area contributed by atoms with E-state index in [0.717, 1.165) is 5.56 Å². The van der Waals surface area contributed by atoms with Crippen molar-refractivity contribution < 1.29 is 23.4 Å². The molecule has 2 aromatic carbocycles. The van der Waals surface area contributed by atoms with Gasteiger partial charge in [-0.25, -0.2) is 4.39 Å². The van der Waals surface area contributed by atoms with Crippen LogP contribution < -0.4 is 19.5 Å². The molecule has 1 N–H and O–H groups in total. The van der Waals surface area contributed by atoms with Gasteiger partial charge in [-0.1, -0.05) is 18.2 Å². The second kappa shape index (κ2) is 9.65. The first-order valence-corrected chi connectivity index (χ1v) is 8.38. The third kappa shape index (κ3) is 5.12. The van der Waals surface area contributed by atoms with Crippen molar-refractivity contribution in [3.8, 4) is 17.2 Å². The van der Waals surface area contributed by atoms with Gasteiger partial charge in [-0.3, -0.25) is 4.79 Å². The molecule has 0 aliphatic rings. The van der Waals surface area contributed by atoms with Crippen molar-refractivity contribution in [3.05, 3.63) is 53.3 Å². The van der Waals surface area contributed by atoms with Crippen LogP contribution in [0.15, 0.2) is 36.4 Å². The van der Waals surface area contributed by atoms with Gasteiger partial charge in [-0.2, -0.15) is 0 Å². The van der Waals surface area contributed by atoms with Gasteiger partial charge in [0.15, 0.2) is 11.5 Å². The van der Waals surface area contributed by atoms with Crippen molar-refractivity contribution >= 4 is 5.91 Å². The molecule has 6 heteroatoms. The second-order valence-corrected chi connectivity index (χ2v) is 5.72. The Kier molecular flexibility index (Phi) is 7.26. The highest BCUT2D eigenvalue weighted by atomic mass is 19.1. The van der Waals surface area contributed by atoms with Crippen LogP contribution in [0.1, 0.15) is 17.5 Å². The molecule has 26 heavy (non-hydrogen) atoms. The number of aryl methyl sites for hydroxylation is 1. The molecule has 0 atom stereocenters. The minimum atomic E-state index is -0.251. The predicted molar refractivity (Wildman–Crippen MR) is 97.5 cm³/mol. The molecule has 0 spiro atoms. The Morgan fingerprint density at radius 2 is 1.65 bits per heavy atom. The summed E-state index contributed by atoms with van der Waals surface area (Å²) >= 11 is 0. The number of hydrogen-bond acceptors (Lipinski definition) is 4. The Balaban J connectivity index is 1.88. The lowest BCUT2D eigenvalue weighted by atomic mass is 10.1. The van der Waals surface area contributed by atoms with E-state index in [-0.39, 0.29) is 11.7 Å². The summed E-state index contributed by atoms with van der Waals surface area (Å²) < 4.78 is 29.4. The highest BCUT2D eigenvalue weighted by Gasteiger charge is 2.14. The maximum absolute atomic E-state index is 13.5. The standard InChI is InChI=1S/C20H24FNO4/c1-24-17-12-14(13-18(25-2)20(17)26-3)8-9-19(23)22-11-10-15-6-4-5-7-16(15)21/h4-7,12-13H,8-11H2,1-3H3,(H,22,23). The summed E-state index contributed by atoms with van der Waals surface area (Å²) in [5, 5.41) is 2.82. The van der Waals surface area contributed by atoms with Crippen LogP contribution in [0.5, 0.6) is 17.2 Å². The summed E-state index contributed by atoms with van der Waals surface area (Å²) in [6.45, 7) is 0.398. The summed E-state index contributed by atoms with van der Waals surface area (Å²) in [5.41, 5.74) is 1.50. The topological polar surface area (TPSA) is 56.8 Å². The maximum Gasteiger partial charge on any atom is 0.220 e. The molecular weight excluding hydrogens is 337 g/mol. The van der Waals surface area contributed by atoms with E-state index in [1.807, 2.05) is 12.1 Å². The van der Waals surface area contributed by atoms with E-state index >= 15 is 0 Å². The van der Waals surface area contributed by atoms with E-state index in [0.29, 0.717) is 48.6 Å². The summed E-state index contributed by atoms with van der Waals surface area (Å²) in [6, 6.07) is 10.2. The quantitative estimate of drug-likeness (QED) is 0.745. The molecule has 0 aliphatic heterocycles. The Morgan fingerprint density at radius 3 is 2.23 bits per heavy atom. The van der Waals surface area contributed by atoms with Gasteiger partial charge in [0, 0.05) is 13.0 Å². The molecule has 0 radical (unpaired) electrons. The van der Waals surface area contributed by atoms with Gasteiger partial charge in [0.2, 0.25) is 11.7 Å². The third-order valence-electron chi connectivity index (χ3n) is 4.04. The molecule has 0 saturated carbocycles. The van der Waals surface area contributed by atoms with Gasteiger partial charge in [-0.15, -0.1) is 0 Å². The monoisotopic (exact) mass is 361 g/mol. The summed E-state index contributed by atoms with van der Waals surface area (Å²) in [7, 11) is 4.65. The van der Waals surface area contributed by atoms with Crippen LogP contribution in [-0.2, 0) is 17.6 Å². The normalized spacial score (nSPS) is 10.3. The largest absolute Gasteiger partial charge is 0.493 e. The molecule has 0 saturated heterocycles. The minimum Gasteiger partial charge on any atom is -0.493 e. The van der Waals surface area contributed by atoms with Gasteiger partial charge in [0.1, 0.15) is 5.82 Å². The fourth-order valence-electron chi connectivity index (χ4n) is 2.66. The number of nitrogens with one attached hydrogen (secondary N) is 1. The molecule has 0 bridgehead atoms. The molecule has 2 rings (SSSR count). The Morgan fingerprint density at radius 1 is 1.00 bits per heavy atom. The van der Waals surface area contributed by atoms with Crippen LogP contribution in [0.4, 0.5) is 4.39 Å². The maximum atomic E-state index is 13.5. The van der Waals surface area contributed by atoms with Crippen molar-refractivity contribution in [2.24, 2.45) is 0 Å². The zero-order valence-electron chi connectivity index (χ0n) is 15.3. The SMILES string of the molecule is COc1cc(CCC(=O)NCCc2ccccc2F)cc(OC)c1OC. The van der Waals surface area contributed by atoms with E-state index in [4.69, 9.17) is 14.2 Å². The molecule has 140 valence electrons. The smallest absolute Gasteiger partial charge is 0.220 e. The molecule has 1 amide bonds. The molecule has 0 aliphatic carbocycles. The van der Waals surface area contributed by atoms with E-state index < -0.39 is 0 Å². The van der Waals surface area contributed by atoms with Gasteiger partial charge in [0.25, 0.3) is 0 Å². The summed E-state index contributed by atoms with van der Waals surface area (Å²) in [5.74, 6) is 1.30. The lowest BCUT2D eigenvalue weighted by Crippen LogP contribution is -2.26. The number of hydrogen-bond donors (Lipinski definition) is 1. The van der Waals surface area contributed by atoms with E-state index in [1.165, 1.54) is 6.07 Å². The van der Waals surface area contributed by atoms with Crippen LogP contribution in [0.3, 0.4) is 0 Å². The van der Waals surface area contributed by atoms with E-state index in [2.05, 4.69) is 5.32 Å². The second-order valence-electron chi connectivity index (χ2n) is 5.72. The Hall–Kier alpha value is -2.76. The lowest BCUT2D eigenvalue weighted by Gasteiger charge is -2.14. The van der Waals surface area contributed by atoms with Crippen molar-refractivity contribution in [3.63, 3.8) is 0 Å². The van der Waals surface area contributed by atoms with Crippen molar-refractivity contribution in [1.82, 2.24) is 5.32 Å². The molecule has 5 nitrogen and oxygen atoms in total. The first kappa shape index (κ1) is 19.6. The fourth-order valence-corrected chi connectivity index (χ4v) is 2.66. The number of methoxy groups -OCH3 is 3. The highest BCUT2D eigenvalue weighted by molar-refractivity contribution is 5.76. The number of rotatable bonds is 9. The Labute approximate surface area is 153 Å². The Bertz CT molecular complexity index is 723. The average Bonchev–Trinajstić information content (AvgIpc) is 2.66. The molecule has 0 unspecified atom stereocenters. The van der Waals surface area contributed by atoms with E-state index in [1.54, 1.807) is 39.5 Å². The molecule has 0 aromatic heterocycles. The highest BCUT2D eigenvalue weighted by Crippen LogP contribution is 2.38. The molecular formula is C20H24FNO4. The third-order valence-corrected chi connectivity index (χ3v) is 4.04. The number of benzene rings is 2. The lowest BCUT2D eigenvalue weighted by molar-refractivity contribution is -0.121.